The lowest BCUT2D eigenvalue weighted by Gasteiger charge is -2.26. The third-order valence-corrected chi connectivity index (χ3v) is 6.19. The molecule has 0 aromatic heterocycles. The zero-order valence-electron chi connectivity index (χ0n) is 17.2. The fourth-order valence-corrected chi connectivity index (χ4v) is 4.48. The van der Waals surface area contributed by atoms with Crippen LogP contribution in [0.2, 0.25) is 5.02 Å². The SMILES string of the molecule is O=C1NC(=O)N(c2ccc(Br)cc2)C(=O)/C1=C/c1cc(Cl)c(OCc2cccc(F)c2)c(Br)c1. The Kier molecular flexibility index (Phi) is 7.16. The molecule has 0 saturated carbocycles. The summed E-state index contributed by atoms with van der Waals surface area (Å²) in [7, 11) is 0. The molecule has 3 aromatic rings. The Morgan fingerprint density at radius 1 is 1.03 bits per heavy atom. The van der Waals surface area contributed by atoms with Gasteiger partial charge in [0.1, 0.15) is 18.0 Å². The Bertz CT molecular complexity index is 1320. The quantitative estimate of drug-likeness (QED) is 0.275. The van der Waals surface area contributed by atoms with Gasteiger partial charge in [0.25, 0.3) is 11.8 Å². The third kappa shape index (κ3) is 5.22. The molecular weight excluding hydrogens is 595 g/mol. The molecule has 0 aliphatic carbocycles. The molecule has 4 rings (SSSR count). The van der Waals surface area contributed by atoms with Crippen molar-refractivity contribution in [2.75, 3.05) is 4.90 Å². The van der Waals surface area contributed by atoms with Crippen molar-refractivity contribution in [1.82, 2.24) is 5.32 Å². The Balaban J connectivity index is 1.60. The van der Waals surface area contributed by atoms with Crippen LogP contribution in [0.1, 0.15) is 11.1 Å². The molecule has 6 nitrogen and oxygen atoms in total. The van der Waals surface area contributed by atoms with Crippen LogP contribution in [0.4, 0.5) is 14.9 Å². The minimum absolute atomic E-state index is 0.0850. The summed E-state index contributed by atoms with van der Waals surface area (Å²) in [6.07, 6.45) is 1.34. The second-order valence-corrected chi connectivity index (χ2v) is 9.34. The van der Waals surface area contributed by atoms with E-state index in [1.54, 1.807) is 42.5 Å². The summed E-state index contributed by atoms with van der Waals surface area (Å²) in [6, 6.07) is 14.8. The average Bonchev–Trinajstić information content (AvgIpc) is 2.77. The summed E-state index contributed by atoms with van der Waals surface area (Å²) in [4.78, 5) is 38.7. The zero-order chi connectivity index (χ0) is 24.4. The van der Waals surface area contributed by atoms with E-state index in [1.807, 2.05) is 0 Å². The van der Waals surface area contributed by atoms with Gasteiger partial charge in [-0.05, 0) is 81.7 Å². The molecule has 1 saturated heterocycles. The van der Waals surface area contributed by atoms with E-state index in [1.165, 1.54) is 24.3 Å². The van der Waals surface area contributed by atoms with Crippen molar-refractivity contribution in [3.05, 3.63) is 97.1 Å². The molecule has 1 fully saturated rings. The first-order valence-electron chi connectivity index (χ1n) is 9.76. The molecule has 0 radical (unpaired) electrons. The normalized spacial score (nSPS) is 15.0. The van der Waals surface area contributed by atoms with Crippen molar-refractivity contribution in [2.45, 2.75) is 6.61 Å². The maximum absolute atomic E-state index is 13.4. The molecule has 172 valence electrons. The number of amides is 4. The van der Waals surface area contributed by atoms with Crippen LogP contribution in [0, 0.1) is 5.82 Å². The van der Waals surface area contributed by atoms with Crippen molar-refractivity contribution >= 4 is 73.1 Å². The number of carbonyl (C=O) groups excluding carboxylic acids is 3. The van der Waals surface area contributed by atoms with E-state index in [2.05, 4.69) is 37.2 Å². The van der Waals surface area contributed by atoms with Crippen LogP contribution in [0.15, 0.2) is 75.2 Å². The molecule has 34 heavy (non-hydrogen) atoms. The van der Waals surface area contributed by atoms with E-state index in [4.69, 9.17) is 16.3 Å². The van der Waals surface area contributed by atoms with E-state index in [0.29, 0.717) is 27.0 Å². The molecule has 0 atom stereocenters. The van der Waals surface area contributed by atoms with Crippen molar-refractivity contribution in [1.29, 1.82) is 0 Å². The number of barbiturate groups is 1. The summed E-state index contributed by atoms with van der Waals surface area (Å²) < 4.78 is 20.3. The number of hydrogen-bond donors (Lipinski definition) is 1. The molecule has 0 unspecified atom stereocenters. The predicted molar refractivity (Wildman–Crippen MR) is 133 cm³/mol. The number of rotatable bonds is 5. The molecule has 1 aliphatic heterocycles. The van der Waals surface area contributed by atoms with Crippen LogP contribution in [0.3, 0.4) is 0 Å². The number of nitrogens with one attached hydrogen (secondary N) is 1. The fraction of sp³-hybridized carbons (Fsp3) is 0.0417. The van der Waals surface area contributed by atoms with Gasteiger partial charge in [-0.1, -0.05) is 39.7 Å². The van der Waals surface area contributed by atoms with Crippen molar-refractivity contribution in [3.8, 4) is 5.75 Å². The number of anilines is 1. The molecule has 0 bridgehead atoms. The van der Waals surface area contributed by atoms with Gasteiger partial charge in [0, 0.05) is 4.47 Å². The van der Waals surface area contributed by atoms with Crippen LogP contribution in [0.5, 0.6) is 5.75 Å². The number of imide groups is 2. The van der Waals surface area contributed by atoms with Gasteiger partial charge < -0.3 is 4.74 Å². The number of carbonyl (C=O) groups is 3. The lowest BCUT2D eigenvalue weighted by molar-refractivity contribution is -0.122. The topological polar surface area (TPSA) is 75.7 Å². The molecular formula is C24H14Br2ClFN2O4. The number of urea groups is 1. The Hall–Kier alpha value is -3.01. The number of halogens is 4. The van der Waals surface area contributed by atoms with Crippen LogP contribution < -0.4 is 15.0 Å². The lowest BCUT2D eigenvalue weighted by Crippen LogP contribution is -2.54. The maximum atomic E-state index is 13.4. The highest BCUT2D eigenvalue weighted by Crippen LogP contribution is 2.36. The second kappa shape index (κ2) is 10.1. The molecule has 1 heterocycles. The first-order chi connectivity index (χ1) is 16.2. The van der Waals surface area contributed by atoms with Gasteiger partial charge in [0.05, 0.1) is 15.2 Å². The summed E-state index contributed by atoms with van der Waals surface area (Å²) >= 11 is 13.0. The molecule has 0 spiro atoms. The second-order valence-electron chi connectivity index (χ2n) is 7.17. The van der Waals surface area contributed by atoms with Gasteiger partial charge in [-0.2, -0.15) is 0 Å². The summed E-state index contributed by atoms with van der Waals surface area (Å²) in [5.74, 6) is -1.64. The largest absolute Gasteiger partial charge is 0.486 e. The molecule has 4 amide bonds. The average molecular weight is 609 g/mol. The minimum atomic E-state index is -0.838. The first-order valence-corrected chi connectivity index (χ1v) is 11.7. The first kappa shape index (κ1) is 24.1. The van der Waals surface area contributed by atoms with Gasteiger partial charge in [0.15, 0.2) is 5.75 Å². The maximum Gasteiger partial charge on any atom is 0.335 e. The summed E-state index contributed by atoms with van der Waals surface area (Å²) in [6.45, 7) is 0.0850. The highest BCUT2D eigenvalue weighted by atomic mass is 79.9. The minimum Gasteiger partial charge on any atom is -0.486 e. The standard InChI is InChI=1S/C24H14Br2ClFN2O4/c25-15-4-6-17(7-5-15)30-23(32)18(22(31)29-24(30)33)9-14-10-19(26)21(20(27)11-14)34-12-13-2-1-3-16(28)8-13/h1-11H,12H2,(H,29,31,33)/b18-9+. The highest BCUT2D eigenvalue weighted by molar-refractivity contribution is 9.10. The number of nitrogens with zero attached hydrogens (tertiary/aromatic N) is 1. The number of benzene rings is 3. The molecule has 10 heteroatoms. The third-order valence-electron chi connectivity index (χ3n) is 4.79. The molecule has 1 N–H and O–H groups in total. The Morgan fingerprint density at radius 2 is 1.76 bits per heavy atom. The number of hydrogen-bond acceptors (Lipinski definition) is 4. The van der Waals surface area contributed by atoms with Gasteiger partial charge in [-0.25, -0.2) is 14.1 Å². The molecule has 3 aromatic carbocycles. The van der Waals surface area contributed by atoms with E-state index >= 15 is 0 Å². The van der Waals surface area contributed by atoms with Crippen molar-refractivity contribution in [3.63, 3.8) is 0 Å². The van der Waals surface area contributed by atoms with Gasteiger partial charge in [0.2, 0.25) is 0 Å². The Morgan fingerprint density at radius 3 is 2.44 bits per heavy atom. The van der Waals surface area contributed by atoms with Crippen LogP contribution in [-0.2, 0) is 16.2 Å². The zero-order valence-corrected chi connectivity index (χ0v) is 21.1. The van der Waals surface area contributed by atoms with Crippen LogP contribution in [-0.4, -0.2) is 17.8 Å². The van der Waals surface area contributed by atoms with E-state index in [-0.39, 0.29) is 23.0 Å². The van der Waals surface area contributed by atoms with Gasteiger partial charge in [-0.15, -0.1) is 0 Å². The highest BCUT2D eigenvalue weighted by Gasteiger charge is 2.36. The van der Waals surface area contributed by atoms with Crippen LogP contribution >= 0.6 is 43.5 Å². The summed E-state index contributed by atoms with van der Waals surface area (Å²) in [5, 5.41) is 2.38. The van der Waals surface area contributed by atoms with Gasteiger partial charge >= 0.3 is 6.03 Å². The molecule has 1 aliphatic rings. The Labute approximate surface area is 215 Å². The predicted octanol–water partition coefficient (Wildman–Crippen LogP) is 6.25. The van der Waals surface area contributed by atoms with Gasteiger partial charge in [-0.3, -0.25) is 14.9 Å². The number of ether oxygens (including phenoxy) is 1. The monoisotopic (exact) mass is 606 g/mol. The van der Waals surface area contributed by atoms with Crippen molar-refractivity contribution in [2.24, 2.45) is 0 Å². The smallest absolute Gasteiger partial charge is 0.335 e. The van der Waals surface area contributed by atoms with E-state index in [0.717, 1.165) is 9.37 Å². The van der Waals surface area contributed by atoms with Crippen molar-refractivity contribution < 1.29 is 23.5 Å². The fourth-order valence-electron chi connectivity index (χ4n) is 3.23. The van der Waals surface area contributed by atoms with E-state index < -0.39 is 17.8 Å². The summed E-state index contributed by atoms with van der Waals surface area (Å²) in [5.41, 5.74) is 1.12. The lowest BCUT2D eigenvalue weighted by atomic mass is 10.1. The van der Waals surface area contributed by atoms with E-state index in [9.17, 15) is 18.8 Å². The van der Waals surface area contributed by atoms with Crippen LogP contribution in [0.25, 0.3) is 6.08 Å².